The Bertz CT molecular complexity index is 764. The van der Waals surface area contributed by atoms with Gasteiger partial charge in [0.15, 0.2) is 11.5 Å². The van der Waals surface area contributed by atoms with E-state index in [-0.39, 0.29) is 17.9 Å². The van der Waals surface area contributed by atoms with Crippen molar-refractivity contribution in [1.82, 2.24) is 4.90 Å². The minimum Gasteiger partial charge on any atom is -0.497 e. The molecule has 0 spiro atoms. The van der Waals surface area contributed by atoms with E-state index in [4.69, 9.17) is 14.2 Å². The number of para-hydroxylation sites is 2. The first-order valence-corrected chi connectivity index (χ1v) is 9.25. The fourth-order valence-electron chi connectivity index (χ4n) is 3.07. The summed E-state index contributed by atoms with van der Waals surface area (Å²) in [6.45, 7) is 0.952. The molecule has 2 aromatic carbocycles. The van der Waals surface area contributed by atoms with Crippen molar-refractivity contribution in [1.29, 1.82) is 0 Å². The summed E-state index contributed by atoms with van der Waals surface area (Å²) in [6.07, 6.45) is -0.602. The van der Waals surface area contributed by atoms with Crippen molar-refractivity contribution in [3.8, 4) is 17.2 Å². The Morgan fingerprint density at radius 2 is 1.92 bits per heavy atom. The molecule has 0 aliphatic carbocycles. The lowest BCUT2D eigenvalue weighted by Crippen LogP contribution is -2.46. The maximum atomic E-state index is 13.0. The summed E-state index contributed by atoms with van der Waals surface area (Å²) >= 11 is 1.76. The third kappa shape index (κ3) is 3.14. The lowest BCUT2D eigenvalue weighted by Gasteiger charge is -2.31. The first-order valence-electron chi connectivity index (χ1n) is 8.21. The van der Waals surface area contributed by atoms with Gasteiger partial charge in [0.05, 0.1) is 7.11 Å². The summed E-state index contributed by atoms with van der Waals surface area (Å²) < 4.78 is 16.8. The number of hydrogen-bond acceptors (Lipinski definition) is 5. The van der Waals surface area contributed by atoms with Gasteiger partial charge in [-0.25, -0.2) is 0 Å². The van der Waals surface area contributed by atoms with Crippen molar-refractivity contribution in [3.63, 3.8) is 0 Å². The quantitative estimate of drug-likeness (QED) is 0.845. The zero-order valence-corrected chi connectivity index (χ0v) is 14.7. The van der Waals surface area contributed by atoms with E-state index in [1.54, 1.807) is 18.9 Å². The highest BCUT2D eigenvalue weighted by molar-refractivity contribution is 7.99. The van der Waals surface area contributed by atoms with E-state index in [2.05, 4.69) is 0 Å². The highest BCUT2D eigenvalue weighted by Gasteiger charge is 2.37. The van der Waals surface area contributed by atoms with Crippen LogP contribution in [-0.4, -0.2) is 42.9 Å². The van der Waals surface area contributed by atoms with E-state index < -0.39 is 6.10 Å². The van der Waals surface area contributed by atoms with Crippen LogP contribution in [0.3, 0.4) is 0 Å². The third-order valence-corrected chi connectivity index (χ3v) is 5.62. The number of carbonyl (C=O) groups excluding carboxylic acids is 1. The predicted molar refractivity (Wildman–Crippen MR) is 96.3 cm³/mol. The number of carbonyl (C=O) groups is 1. The smallest absolute Gasteiger partial charge is 0.268 e. The number of thioether (sulfide) groups is 1. The molecule has 2 aromatic rings. The molecule has 0 radical (unpaired) electrons. The fourth-order valence-corrected chi connectivity index (χ4v) is 4.33. The largest absolute Gasteiger partial charge is 0.497 e. The van der Waals surface area contributed by atoms with Gasteiger partial charge in [0.2, 0.25) is 6.10 Å². The average Bonchev–Trinajstić information content (AvgIpc) is 3.17. The summed E-state index contributed by atoms with van der Waals surface area (Å²) in [5, 5.41) is -0.000763. The molecular formula is C19H19NO4S. The summed E-state index contributed by atoms with van der Waals surface area (Å²) in [4.78, 5) is 14.9. The van der Waals surface area contributed by atoms with Crippen LogP contribution in [0, 0.1) is 0 Å². The first kappa shape index (κ1) is 16.1. The average molecular weight is 357 g/mol. The molecular weight excluding hydrogens is 338 g/mol. The standard InChI is InChI=1S/C19H19NO4S/c1-22-14-8-6-13(7-9-14)19-20(10-11-25-19)18(21)17-12-23-15-4-2-3-5-16(15)24-17/h2-9,17,19H,10-12H2,1H3. The van der Waals surface area contributed by atoms with E-state index >= 15 is 0 Å². The molecule has 0 aromatic heterocycles. The summed E-state index contributed by atoms with van der Waals surface area (Å²) in [5.41, 5.74) is 1.09. The van der Waals surface area contributed by atoms with E-state index in [1.165, 1.54) is 0 Å². The highest BCUT2D eigenvalue weighted by atomic mass is 32.2. The monoisotopic (exact) mass is 357 g/mol. The van der Waals surface area contributed by atoms with Crippen molar-refractivity contribution in [2.24, 2.45) is 0 Å². The van der Waals surface area contributed by atoms with E-state index in [0.29, 0.717) is 18.0 Å². The topological polar surface area (TPSA) is 48.0 Å². The SMILES string of the molecule is COc1ccc(C2SCCN2C(=O)C2COc3ccccc3O2)cc1. The van der Waals surface area contributed by atoms with E-state index in [9.17, 15) is 4.79 Å². The van der Waals surface area contributed by atoms with Crippen LogP contribution in [0.1, 0.15) is 10.9 Å². The van der Waals surface area contributed by atoms with E-state index in [1.807, 2.05) is 53.4 Å². The Morgan fingerprint density at radius 3 is 2.68 bits per heavy atom. The number of benzene rings is 2. The van der Waals surface area contributed by atoms with Crippen molar-refractivity contribution < 1.29 is 19.0 Å². The number of rotatable bonds is 3. The molecule has 5 nitrogen and oxygen atoms in total. The lowest BCUT2D eigenvalue weighted by molar-refractivity contribution is -0.141. The molecule has 6 heteroatoms. The van der Waals surface area contributed by atoms with Gasteiger partial charge in [0.25, 0.3) is 5.91 Å². The van der Waals surface area contributed by atoms with Crippen molar-refractivity contribution in [2.75, 3.05) is 26.0 Å². The van der Waals surface area contributed by atoms with Crippen LogP contribution in [0.25, 0.3) is 0 Å². The van der Waals surface area contributed by atoms with Crippen LogP contribution >= 0.6 is 11.8 Å². The molecule has 1 fully saturated rings. The van der Waals surface area contributed by atoms with Crippen molar-refractivity contribution in [3.05, 3.63) is 54.1 Å². The highest BCUT2D eigenvalue weighted by Crippen LogP contribution is 2.40. The zero-order chi connectivity index (χ0) is 17.2. The van der Waals surface area contributed by atoms with Crippen LogP contribution in [0.15, 0.2) is 48.5 Å². The van der Waals surface area contributed by atoms with Crippen LogP contribution in [0.2, 0.25) is 0 Å². The van der Waals surface area contributed by atoms with Gasteiger partial charge in [-0.1, -0.05) is 24.3 Å². The summed E-state index contributed by atoms with van der Waals surface area (Å²) in [7, 11) is 1.65. The van der Waals surface area contributed by atoms with Gasteiger partial charge in [0.1, 0.15) is 17.7 Å². The second kappa shape index (κ2) is 6.88. The number of hydrogen-bond donors (Lipinski definition) is 0. The number of ether oxygens (including phenoxy) is 3. The maximum Gasteiger partial charge on any atom is 0.268 e. The van der Waals surface area contributed by atoms with E-state index in [0.717, 1.165) is 17.1 Å². The van der Waals surface area contributed by atoms with Crippen LogP contribution < -0.4 is 14.2 Å². The zero-order valence-electron chi connectivity index (χ0n) is 13.9. The van der Waals surface area contributed by atoms with Gasteiger partial charge in [-0.05, 0) is 29.8 Å². The number of nitrogens with zero attached hydrogens (tertiary/aromatic N) is 1. The molecule has 0 saturated carbocycles. The Labute approximate surface area is 150 Å². The number of amides is 1. The first-order chi connectivity index (χ1) is 12.3. The molecule has 2 unspecified atom stereocenters. The molecule has 130 valence electrons. The minimum absolute atomic E-state index is 0.000763. The molecule has 2 aliphatic rings. The van der Waals surface area contributed by atoms with Gasteiger partial charge < -0.3 is 19.1 Å². The third-order valence-electron chi connectivity index (χ3n) is 4.36. The molecule has 4 rings (SSSR count). The lowest BCUT2D eigenvalue weighted by atomic mass is 10.1. The van der Waals surface area contributed by atoms with Gasteiger partial charge in [-0.2, -0.15) is 0 Å². The van der Waals surface area contributed by atoms with Crippen LogP contribution in [0.5, 0.6) is 17.2 Å². The molecule has 0 N–H and O–H groups in total. The summed E-state index contributed by atoms with van der Waals surface area (Å²) in [5.74, 6) is 3.01. The molecule has 2 heterocycles. The normalized spacial score (nSPS) is 21.9. The maximum absolute atomic E-state index is 13.0. The molecule has 1 amide bonds. The molecule has 1 saturated heterocycles. The fraction of sp³-hybridized carbons (Fsp3) is 0.316. The van der Waals surface area contributed by atoms with Gasteiger partial charge in [-0.15, -0.1) is 11.8 Å². The second-order valence-corrected chi connectivity index (χ2v) is 7.08. The molecule has 2 atom stereocenters. The van der Waals surface area contributed by atoms with Crippen molar-refractivity contribution in [2.45, 2.75) is 11.5 Å². The number of methoxy groups -OCH3 is 1. The Morgan fingerprint density at radius 1 is 1.16 bits per heavy atom. The van der Waals surface area contributed by atoms with Gasteiger partial charge in [0, 0.05) is 12.3 Å². The molecule has 2 aliphatic heterocycles. The predicted octanol–water partition coefficient (Wildman–Crippen LogP) is 3.11. The van der Waals surface area contributed by atoms with Crippen LogP contribution in [0.4, 0.5) is 0 Å². The Kier molecular flexibility index (Phi) is 4.44. The van der Waals surface area contributed by atoms with Crippen LogP contribution in [-0.2, 0) is 4.79 Å². The number of fused-ring (bicyclic) bond motifs is 1. The Balaban J connectivity index is 1.51. The van der Waals surface area contributed by atoms with Gasteiger partial charge in [-0.3, -0.25) is 4.79 Å². The van der Waals surface area contributed by atoms with Crippen molar-refractivity contribution >= 4 is 17.7 Å². The summed E-state index contributed by atoms with van der Waals surface area (Å²) in [6, 6.07) is 15.3. The molecule has 25 heavy (non-hydrogen) atoms. The molecule has 0 bridgehead atoms. The Hall–Kier alpha value is -2.34. The minimum atomic E-state index is -0.602. The second-order valence-electron chi connectivity index (χ2n) is 5.89. The van der Waals surface area contributed by atoms with Gasteiger partial charge >= 0.3 is 0 Å².